The summed E-state index contributed by atoms with van der Waals surface area (Å²) in [4.78, 5) is 2.43. The molecular weight excluding hydrogens is 258 g/mol. The van der Waals surface area contributed by atoms with Gasteiger partial charge in [0, 0.05) is 31.2 Å². The molecule has 2 nitrogen and oxygen atoms in total. The Labute approximate surface area is 119 Å². The third-order valence-corrected chi connectivity index (χ3v) is 4.39. The van der Waals surface area contributed by atoms with E-state index >= 15 is 0 Å². The summed E-state index contributed by atoms with van der Waals surface area (Å²) in [5.74, 6) is -0.753. The lowest BCUT2D eigenvalue weighted by Crippen LogP contribution is -2.61. The number of nitrogens with zero attached hydrogens (tertiary/aromatic N) is 1. The van der Waals surface area contributed by atoms with Crippen molar-refractivity contribution in [1.82, 2.24) is 10.2 Å². The van der Waals surface area contributed by atoms with Crippen molar-refractivity contribution >= 4 is 0 Å². The van der Waals surface area contributed by atoms with Crippen LogP contribution >= 0.6 is 0 Å². The van der Waals surface area contributed by atoms with E-state index in [4.69, 9.17) is 0 Å². The second kappa shape index (κ2) is 5.08. The SMILES string of the molecule is CC1(C)CN(Cc2ccc(F)c(F)c2)C(C2CC2)CN1. The predicted molar refractivity (Wildman–Crippen MR) is 75.4 cm³/mol. The molecule has 1 saturated carbocycles. The highest BCUT2D eigenvalue weighted by Crippen LogP contribution is 2.37. The molecule has 1 aromatic rings. The Morgan fingerprint density at radius 3 is 2.65 bits per heavy atom. The van der Waals surface area contributed by atoms with Gasteiger partial charge in [-0.3, -0.25) is 4.90 Å². The number of halogens is 2. The van der Waals surface area contributed by atoms with Gasteiger partial charge in [0.05, 0.1) is 0 Å². The fourth-order valence-electron chi connectivity index (χ4n) is 3.18. The fraction of sp³-hybridized carbons (Fsp3) is 0.625. The lowest BCUT2D eigenvalue weighted by atomic mass is 9.96. The third kappa shape index (κ3) is 3.01. The highest BCUT2D eigenvalue weighted by molar-refractivity contribution is 5.18. The van der Waals surface area contributed by atoms with E-state index in [0.717, 1.165) is 24.6 Å². The number of nitrogens with one attached hydrogen (secondary N) is 1. The van der Waals surface area contributed by atoms with Crippen LogP contribution in [0.4, 0.5) is 8.78 Å². The van der Waals surface area contributed by atoms with Crippen molar-refractivity contribution in [2.24, 2.45) is 5.92 Å². The fourth-order valence-corrected chi connectivity index (χ4v) is 3.18. The van der Waals surface area contributed by atoms with Crippen LogP contribution in [0.15, 0.2) is 18.2 Å². The van der Waals surface area contributed by atoms with E-state index in [2.05, 4.69) is 24.1 Å². The van der Waals surface area contributed by atoms with Gasteiger partial charge in [-0.2, -0.15) is 0 Å². The molecular formula is C16H22F2N2. The maximum atomic E-state index is 13.3. The van der Waals surface area contributed by atoms with E-state index in [1.807, 2.05) is 0 Å². The van der Waals surface area contributed by atoms with Gasteiger partial charge in [-0.25, -0.2) is 8.78 Å². The summed E-state index contributed by atoms with van der Waals surface area (Å²) >= 11 is 0. The summed E-state index contributed by atoms with van der Waals surface area (Å²) < 4.78 is 26.4. The van der Waals surface area contributed by atoms with Gasteiger partial charge in [-0.15, -0.1) is 0 Å². The number of piperazine rings is 1. The van der Waals surface area contributed by atoms with Gasteiger partial charge in [0.15, 0.2) is 11.6 Å². The predicted octanol–water partition coefficient (Wildman–Crippen LogP) is 2.93. The van der Waals surface area contributed by atoms with Gasteiger partial charge in [-0.05, 0) is 50.3 Å². The largest absolute Gasteiger partial charge is 0.309 e. The zero-order valence-corrected chi connectivity index (χ0v) is 12.1. The van der Waals surface area contributed by atoms with Crippen molar-refractivity contribution in [3.05, 3.63) is 35.4 Å². The van der Waals surface area contributed by atoms with Gasteiger partial charge in [0.2, 0.25) is 0 Å². The van der Waals surface area contributed by atoms with Crippen molar-refractivity contribution in [2.75, 3.05) is 13.1 Å². The summed E-state index contributed by atoms with van der Waals surface area (Å²) in [6.45, 7) is 7.00. The molecule has 1 aliphatic carbocycles. The monoisotopic (exact) mass is 280 g/mol. The average Bonchev–Trinajstić information content (AvgIpc) is 3.17. The molecule has 3 rings (SSSR count). The van der Waals surface area contributed by atoms with E-state index in [1.165, 1.54) is 25.0 Å². The number of benzene rings is 1. The molecule has 1 heterocycles. The molecule has 4 heteroatoms. The Morgan fingerprint density at radius 1 is 1.25 bits per heavy atom. The standard InChI is InChI=1S/C16H22F2N2/c1-16(2)10-20(15(8-19-16)12-4-5-12)9-11-3-6-13(17)14(18)7-11/h3,6-7,12,15,19H,4-5,8-10H2,1-2H3. The van der Waals surface area contributed by atoms with Gasteiger partial charge >= 0.3 is 0 Å². The lowest BCUT2D eigenvalue weighted by Gasteiger charge is -2.45. The molecule has 0 bridgehead atoms. The second-order valence-electron chi connectivity index (χ2n) is 6.82. The van der Waals surface area contributed by atoms with E-state index in [1.54, 1.807) is 6.07 Å². The van der Waals surface area contributed by atoms with Gasteiger partial charge in [0.25, 0.3) is 0 Å². The van der Waals surface area contributed by atoms with Crippen molar-refractivity contribution < 1.29 is 8.78 Å². The topological polar surface area (TPSA) is 15.3 Å². The Morgan fingerprint density at radius 2 is 2.00 bits per heavy atom. The Kier molecular flexibility index (Phi) is 3.55. The minimum Gasteiger partial charge on any atom is -0.309 e. The van der Waals surface area contributed by atoms with Crippen LogP contribution in [0, 0.1) is 17.6 Å². The van der Waals surface area contributed by atoms with Crippen molar-refractivity contribution in [1.29, 1.82) is 0 Å². The smallest absolute Gasteiger partial charge is 0.159 e. The molecule has 2 fully saturated rings. The van der Waals surface area contributed by atoms with Crippen LogP contribution in [0.2, 0.25) is 0 Å². The van der Waals surface area contributed by atoms with Crippen LogP contribution in [0.5, 0.6) is 0 Å². The van der Waals surface area contributed by atoms with E-state index in [-0.39, 0.29) is 5.54 Å². The molecule has 0 aromatic heterocycles. The van der Waals surface area contributed by atoms with Gasteiger partial charge in [-0.1, -0.05) is 6.07 Å². The number of hydrogen-bond donors (Lipinski definition) is 1. The normalized spacial score (nSPS) is 26.7. The molecule has 2 aliphatic rings. The maximum absolute atomic E-state index is 13.3. The third-order valence-electron chi connectivity index (χ3n) is 4.39. The summed E-state index contributed by atoms with van der Waals surface area (Å²) in [6, 6.07) is 4.77. The molecule has 1 aliphatic heterocycles. The number of rotatable bonds is 3. The van der Waals surface area contributed by atoms with Crippen molar-refractivity contribution in [3.63, 3.8) is 0 Å². The first-order valence-corrected chi connectivity index (χ1v) is 7.38. The van der Waals surface area contributed by atoms with Crippen LogP contribution < -0.4 is 5.32 Å². The Hall–Kier alpha value is -1.00. The molecule has 1 N–H and O–H groups in total. The quantitative estimate of drug-likeness (QED) is 0.916. The van der Waals surface area contributed by atoms with E-state index < -0.39 is 11.6 Å². The summed E-state index contributed by atoms with van der Waals surface area (Å²) in [5, 5.41) is 3.59. The summed E-state index contributed by atoms with van der Waals surface area (Å²) in [5.41, 5.74) is 0.927. The highest BCUT2D eigenvalue weighted by atomic mass is 19.2. The molecule has 20 heavy (non-hydrogen) atoms. The molecule has 110 valence electrons. The second-order valence-corrected chi connectivity index (χ2v) is 6.82. The first kappa shape index (κ1) is 14.0. The molecule has 0 spiro atoms. The summed E-state index contributed by atoms with van der Waals surface area (Å²) in [7, 11) is 0. The summed E-state index contributed by atoms with van der Waals surface area (Å²) in [6.07, 6.45) is 2.59. The lowest BCUT2D eigenvalue weighted by molar-refractivity contribution is 0.0758. The first-order valence-electron chi connectivity index (χ1n) is 7.38. The van der Waals surface area contributed by atoms with Gasteiger partial charge < -0.3 is 5.32 Å². The molecule has 0 amide bonds. The van der Waals surface area contributed by atoms with Crippen LogP contribution in [0.3, 0.4) is 0 Å². The van der Waals surface area contributed by atoms with Crippen molar-refractivity contribution in [2.45, 2.75) is 44.8 Å². The van der Waals surface area contributed by atoms with Crippen LogP contribution in [0.1, 0.15) is 32.3 Å². The van der Waals surface area contributed by atoms with Crippen molar-refractivity contribution in [3.8, 4) is 0 Å². The van der Waals surface area contributed by atoms with Crippen LogP contribution in [-0.2, 0) is 6.54 Å². The minimum atomic E-state index is -0.770. The first-order chi connectivity index (χ1) is 9.44. The molecule has 0 radical (unpaired) electrons. The number of hydrogen-bond acceptors (Lipinski definition) is 2. The average molecular weight is 280 g/mol. The Balaban J connectivity index is 1.76. The molecule has 1 unspecified atom stereocenters. The van der Waals surface area contributed by atoms with Crippen LogP contribution in [0.25, 0.3) is 0 Å². The maximum Gasteiger partial charge on any atom is 0.159 e. The molecule has 1 saturated heterocycles. The zero-order valence-electron chi connectivity index (χ0n) is 12.1. The van der Waals surface area contributed by atoms with E-state index in [0.29, 0.717) is 12.6 Å². The Bertz CT molecular complexity index is 497. The highest BCUT2D eigenvalue weighted by Gasteiger charge is 2.40. The molecule has 1 aromatic carbocycles. The zero-order chi connectivity index (χ0) is 14.3. The minimum absolute atomic E-state index is 0.0734. The molecule has 1 atom stereocenters. The van der Waals surface area contributed by atoms with Crippen LogP contribution in [-0.4, -0.2) is 29.6 Å². The van der Waals surface area contributed by atoms with E-state index in [9.17, 15) is 8.78 Å². The van der Waals surface area contributed by atoms with Gasteiger partial charge in [0.1, 0.15) is 0 Å².